The number of nitrogens with one attached hydrogen (secondary N) is 1. The SMILES string of the molecule is CCCCNC(=O)CN1C(=O)COc2ccc(-c3nc(-c4ccccn4)sc3C)cc21. The number of hydrogen-bond donors (Lipinski definition) is 1. The highest BCUT2D eigenvalue weighted by atomic mass is 32.1. The third-order valence-corrected chi connectivity index (χ3v) is 6.00. The molecule has 7 nitrogen and oxygen atoms in total. The number of amides is 2. The van der Waals surface area contributed by atoms with Crippen LogP contribution in [0.1, 0.15) is 24.6 Å². The van der Waals surface area contributed by atoms with Gasteiger partial charge in [-0.05, 0) is 43.7 Å². The summed E-state index contributed by atoms with van der Waals surface area (Å²) >= 11 is 1.57. The molecule has 8 heteroatoms. The molecule has 31 heavy (non-hydrogen) atoms. The van der Waals surface area contributed by atoms with E-state index in [0.717, 1.165) is 39.7 Å². The molecule has 160 valence electrons. The molecule has 0 atom stereocenters. The number of thiazole rings is 1. The molecule has 2 amide bonds. The fourth-order valence-corrected chi connectivity index (χ4v) is 4.30. The molecule has 0 radical (unpaired) electrons. The minimum absolute atomic E-state index is 0.0302. The van der Waals surface area contributed by atoms with E-state index in [0.29, 0.717) is 18.0 Å². The van der Waals surface area contributed by atoms with Gasteiger partial charge in [-0.2, -0.15) is 0 Å². The van der Waals surface area contributed by atoms with Crippen LogP contribution in [0.15, 0.2) is 42.6 Å². The number of rotatable bonds is 7. The molecule has 1 N–H and O–H groups in total. The Morgan fingerprint density at radius 1 is 1.29 bits per heavy atom. The number of unbranched alkanes of at least 4 members (excludes halogenated alkanes) is 1. The van der Waals surface area contributed by atoms with Gasteiger partial charge in [-0.15, -0.1) is 11.3 Å². The van der Waals surface area contributed by atoms with Crippen LogP contribution in [-0.4, -0.2) is 41.5 Å². The van der Waals surface area contributed by atoms with Crippen molar-refractivity contribution in [2.45, 2.75) is 26.7 Å². The van der Waals surface area contributed by atoms with Gasteiger partial charge >= 0.3 is 0 Å². The van der Waals surface area contributed by atoms with Gasteiger partial charge in [-0.1, -0.05) is 19.4 Å². The van der Waals surface area contributed by atoms with Crippen molar-refractivity contribution in [3.8, 4) is 27.7 Å². The quantitative estimate of drug-likeness (QED) is 0.569. The number of pyridine rings is 1. The smallest absolute Gasteiger partial charge is 0.265 e. The first-order valence-corrected chi connectivity index (χ1v) is 11.1. The van der Waals surface area contributed by atoms with Gasteiger partial charge < -0.3 is 10.1 Å². The van der Waals surface area contributed by atoms with Gasteiger partial charge in [-0.25, -0.2) is 4.98 Å². The lowest BCUT2D eigenvalue weighted by molar-refractivity contribution is -0.125. The summed E-state index contributed by atoms with van der Waals surface area (Å²) in [4.78, 5) is 36.6. The van der Waals surface area contributed by atoms with Gasteiger partial charge in [0.05, 0.1) is 17.1 Å². The molecule has 0 spiro atoms. The van der Waals surface area contributed by atoms with Crippen LogP contribution in [0.4, 0.5) is 5.69 Å². The van der Waals surface area contributed by atoms with E-state index in [1.54, 1.807) is 17.5 Å². The molecule has 0 saturated carbocycles. The van der Waals surface area contributed by atoms with Gasteiger partial charge in [0.1, 0.15) is 17.3 Å². The monoisotopic (exact) mass is 436 g/mol. The first-order valence-electron chi connectivity index (χ1n) is 10.3. The minimum Gasteiger partial charge on any atom is -0.482 e. The second kappa shape index (κ2) is 9.26. The lowest BCUT2D eigenvalue weighted by atomic mass is 10.1. The number of aryl methyl sites for hydroxylation is 1. The Hall–Kier alpha value is -3.26. The lowest BCUT2D eigenvalue weighted by Gasteiger charge is -2.29. The minimum atomic E-state index is -0.237. The van der Waals surface area contributed by atoms with Crippen molar-refractivity contribution >= 4 is 28.8 Å². The van der Waals surface area contributed by atoms with Crippen molar-refractivity contribution in [3.63, 3.8) is 0 Å². The third kappa shape index (κ3) is 4.59. The number of nitrogens with zero attached hydrogens (tertiary/aromatic N) is 3. The van der Waals surface area contributed by atoms with Crippen LogP contribution in [0, 0.1) is 6.92 Å². The molecule has 1 aliphatic heterocycles. The molecule has 0 aliphatic carbocycles. The third-order valence-electron chi connectivity index (χ3n) is 5.01. The molecular weight excluding hydrogens is 412 g/mol. The summed E-state index contributed by atoms with van der Waals surface area (Å²) in [5, 5.41) is 3.71. The largest absolute Gasteiger partial charge is 0.482 e. The van der Waals surface area contributed by atoms with Gasteiger partial charge in [-0.3, -0.25) is 19.5 Å². The predicted octanol–water partition coefficient (Wildman–Crippen LogP) is 3.82. The summed E-state index contributed by atoms with van der Waals surface area (Å²) in [6, 6.07) is 11.4. The van der Waals surface area contributed by atoms with E-state index in [1.807, 2.05) is 43.3 Å². The van der Waals surface area contributed by atoms with Gasteiger partial charge in [0.25, 0.3) is 5.91 Å². The number of fused-ring (bicyclic) bond motifs is 1. The second-order valence-electron chi connectivity index (χ2n) is 7.29. The molecule has 0 fully saturated rings. The molecule has 3 heterocycles. The van der Waals surface area contributed by atoms with E-state index in [4.69, 9.17) is 9.72 Å². The highest BCUT2D eigenvalue weighted by Gasteiger charge is 2.28. The molecular formula is C23H24N4O3S. The summed E-state index contributed by atoms with van der Waals surface area (Å²) in [6.45, 7) is 4.58. The summed E-state index contributed by atoms with van der Waals surface area (Å²) in [5.74, 6) is 0.171. The first kappa shape index (κ1) is 21.0. The number of carbonyl (C=O) groups is 2. The first-order chi connectivity index (χ1) is 15.1. The Balaban J connectivity index is 1.63. The Morgan fingerprint density at radius 3 is 2.94 bits per heavy atom. The van der Waals surface area contributed by atoms with Crippen LogP contribution >= 0.6 is 11.3 Å². The van der Waals surface area contributed by atoms with Crippen LogP contribution in [0.3, 0.4) is 0 Å². The fraction of sp³-hybridized carbons (Fsp3) is 0.304. The van der Waals surface area contributed by atoms with Crippen molar-refractivity contribution in [1.82, 2.24) is 15.3 Å². The molecule has 0 unspecified atom stereocenters. The summed E-state index contributed by atoms with van der Waals surface area (Å²) < 4.78 is 5.59. The average molecular weight is 437 g/mol. The van der Waals surface area contributed by atoms with E-state index in [-0.39, 0.29) is 25.0 Å². The van der Waals surface area contributed by atoms with Crippen LogP contribution in [-0.2, 0) is 9.59 Å². The summed E-state index contributed by atoms with van der Waals surface area (Å²) in [7, 11) is 0. The van der Waals surface area contributed by atoms with Crippen LogP contribution in [0.2, 0.25) is 0 Å². The lowest BCUT2D eigenvalue weighted by Crippen LogP contribution is -2.45. The maximum Gasteiger partial charge on any atom is 0.265 e. The maximum atomic E-state index is 12.5. The fourth-order valence-electron chi connectivity index (χ4n) is 3.39. The molecule has 4 rings (SSSR count). The van der Waals surface area contributed by atoms with Gasteiger partial charge in [0, 0.05) is 23.2 Å². The average Bonchev–Trinajstić information content (AvgIpc) is 3.18. The Morgan fingerprint density at radius 2 is 2.16 bits per heavy atom. The molecule has 3 aromatic rings. The van der Waals surface area contributed by atoms with Crippen molar-refractivity contribution in [2.75, 3.05) is 24.6 Å². The van der Waals surface area contributed by atoms with Gasteiger partial charge in [0.2, 0.25) is 5.91 Å². The number of carbonyl (C=O) groups excluding carboxylic acids is 2. The van der Waals surface area contributed by atoms with E-state index in [9.17, 15) is 9.59 Å². The number of aromatic nitrogens is 2. The van der Waals surface area contributed by atoms with Crippen molar-refractivity contribution in [1.29, 1.82) is 0 Å². The van der Waals surface area contributed by atoms with Gasteiger partial charge in [0.15, 0.2) is 6.61 Å². The molecule has 2 aromatic heterocycles. The number of benzene rings is 1. The topological polar surface area (TPSA) is 84.4 Å². The number of hydrogen-bond acceptors (Lipinski definition) is 6. The highest BCUT2D eigenvalue weighted by molar-refractivity contribution is 7.15. The number of ether oxygens (including phenoxy) is 1. The second-order valence-corrected chi connectivity index (χ2v) is 8.50. The Kier molecular flexibility index (Phi) is 6.27. The maximum absolute atomic E-state index is 12.5. The predicted molar refractivity (Wildman–Crippen MR) is 121 cm³/mol. The van der Waals surface area contributed by atoms with E-state index >= 15 is 0 Å². The zero-order valence-corrected chi connectivity index (χ0v) is 18.4. The van der Waals surface area contributed by atoms with Crippen LogP contribution in [0.5, 0.6) is 5.75 Å². The molecule has 1 aromatic carbocycles. The van der Waals surface area contributed by atoms with Crippen LogP contribution in [0.25, 0.3) is 22.0 Å². The standard InChI is InChI=1S/C23H24N4O3S/c1-3-4-10-25-20(28)13-27-18-12-16(8-9-19(18)30-14-21(27)29)22-15(2)31-23(26-22)17-7-5-6-11-24-17/h5-9,11-12H,3-4,10,13-14H2,1-2H3,(H,25,28). The van der Waals surface area contributed by atoms with E-state index < -0.39 is 0 Å². The molecule has 0 saturated heterocycles. The zero-order chi connectivity index (χ0) is 21.8. The normalized spacial score (nSPS) is 13.0. The molecule has 0 bridgehead atoms. The van der Waals surface area contributed by atoms with Crippen molar-refractivity contribution in [3.05, 3.63) is 47.5 Å². The van der Waals surface area contributed by atoms with Crippen LogP contribution < -0.4 is 15.0 Å². The Bertz CT molecular complexity index is 1100. The summed E-state index contributed by atoms with van der Waals surface area (Å²) in [5.41, 5.74) is 3.11. The zero-order valence-electron chi connectivity index (χ0n) is 17.6. The van der Waals surface area contributed by atoms with Crippen molar-refractivity contribution < 1.29 is 14.3 Å². The highest BCUT2D eigenvalue weighted by Crippen LogP contribution is 2.38. The Labute approximate surface area is 185 Å². The van der Waals surface area contributed by atoms with E-state index in [2.05, 4.69) is 17.2 Å². The summed E-state index contributed by atoms with van der Waals surface area (Å²) in [6.07, 6.45) is 3.65. The van der Waals surface area contributed by atoms with Crippen molar-refractivity contribution in [2.24, 2.45) is 0 Å². The molecule has 1 aliphatic rings. The van der Waals surface area contributed by atoms with E-state index in [1.165, 1.54) is 4.90 Å². The number of anilines is 1.